The molecule has 0 radical (unpaired) electrons. The Morgan fingerprint density at radius 3 is 1.51 bits per heavy atom. The Bertz CT molecular complexity index is 2400. The van der Waals surface area contributed by atoms with Crippen molar-refractivity contribution in [2.24, 2.45) is 5.41 Å². The van der Waals surface area contributed by atoms with Gasteiger partial charge >= 0.3 is 248 Å². The van der Waals surface area contributed by atoms with Gasteiger partial charge in [0.1, 0.15) is 0 Å². The van der Waals surface area contributed by atoms with E-state index in [2.05, 4.69) is 112 Å². The first-order chi connectivity index (χ1) is 20.6. The van der Waals surface area contributed by atoms with E-state index < -0.39 is 11.7 Å². The quantitative estimate of drug-likeness (QED) is 0.158. The van der Waals surface area contributed by atoms with E-state index in [1.807, 2.05) is 24.8 Å². The van der Waals surface area contributed by atoms with Gasteiger partial charge in [-0.15, -0.1) is 0 Å². The Kier molecular flexibility index (Phi) is 1.80. The van der Waals surface area contributed by atoms with Crippen molar-refractivity contribution in [2.75, 3.05) is 6.16 Å². The SMILES string of the molecule is CC(C)(C)[C]12[C]3(c4ccccc4)[C]4(c5ccccc5)[C]5(CP)[C]1(C(P)(c1cnccn1)c1cnccn1)[Fe]54321678[CH]2[CH]1[CH]6[CH]7[CH]28. The summed E-state index contributed by atoms with van der Waals surface area (Å²) >= 11 is 0. The monoisotopic (exact) mass is 642 g/mol. The first-order valence-corrected chi connectivity index (χ1v) is 23.3. The number of aromatic nitrogens is 4. The first-order valence-electron chi connectivity index (χ1n) is 15.9. The number of fused-ring (bicyclic) bond motifs is 10. The van der Waals surface area contributed by atoms with E-state index >= 15 is 0 Å². The van der Waals surface area contributed by atoms with Crippen molar-refractivity contribution in [3.8, 4) is 0 Å². The zero-order chi connectivity index (χ0) is 28.9. The molecule has 43 heavy (non-hydrogen) atoms. The number of hydrogen-bond donors (Lipinski definition) is 0. The molecule has 0 amide bonds. The molecule has 7 unspecified atom stereocenters. The Morgan fingerprint density at radius 2 is 1.14 bits per heavy atom. The molecule has 0 saturated carbocycles. The van der Waals surface area contributed by atoms with Crippen LogP contribution in [-0.4, -0.2) is 26.1 Å². The van der Waals surface area contributed by atoms with E-state index in [0.717, 1.165) is 35.5 Å². The summed E-state index contributed by atoms with van der Waals surface area (Å²) in [5, 5.41) is -0.428. The van der Waals surface area contributed by atoms with Crippen LogP contribution in [-0.2, 0) is 20.3 Å². The summed E-state index contributed by atoms with van der Waals surface area (Å²) in [4.78, 5) is 24.8. The minimum atomic E-state index is -5.03. The number of benzene rings is 2. The average Bonchev–Trinajstić information content (AvgIpc) is 4.00. The number of nitrogens with zero attached hydrogens (tertiary/aromatic N) is 4. The molecule has 0 N–H and O–H groups in total. The van der Waals surface area contributed by atoms with Gasteiger partial charge in [0.2, 0.25) is 0 Å². The van der Waals surface area contributed by atoms with E-state index in [1.165, 1.54) is 6.16 Å². The van der Waals surface area contributed by atoms with Gasteiger partial charge in [0.25, 0.3) is 0 Å². The van der Waals surface area contributed by atoms with Crippen molar-refractivity contribution in [1.82, 2.24) is 19.9 Å². The number of hydrogen-bond acceptors (Lipinski definition) is 4. The van der Waals surface area contributed by atoms with Gasteiger partial charge in [-0.1, -0.05) is 0 Å². The molecule has 0 bridgehead atoms. The van der Waals surface area contributed by atoms with Gasteiger partial charge in [-0.3, -0.25) is 0 Å². The van der Waals surface area contributed by atoms with Crippen LogP contribution < -0.4 is 0 Å². The molecule has 7 atom stereocenters. The van der Waals surface area contributed by atoms with Crippen LogP contribution in [0.1, 0.15) is 43.3 Å². The fourth-order valence-electron chi connectivity index (χ4n) is 26.7. The van der Waals surface area contributed by atoms with Crippen molar-refractivity contribution in [2.45, 2.75) is 71.6 Å². The Labute approximate surface area is 247 Å². The van der Waals surface area contributed by atoms with Crippen LogP contribution in [0.5, 0.6) is 0 Å². The van der Waals surface area contributed by atoms with Crippen LogP contribution in [0.2, 0.25) is 37.0 Å². The third-order valence-corrected chi connectivity index (χ3v) is 69.5. The second-order valence-corrected chi connectivity index (χ2v) is 41.9. The molecule has 4 nitrogen and oxygen atoms in total. The van der Waals surface area contributed by atoms with Crippen LogP contribution in [0.25, 0.3) is 0 Å². The Morgan fingerprint density at radius 1 is 0.674 bits per heavy atom. The van der Waals surface area contributed by atoms with Crippen molar-refractivity contribution < 1.29 is 6.51 Å². The standard InChI is InChI=1S/C31H31N4P2.C5H5.Fe/c1-30(2,3)29-27(22-12-8-5-9-13-22)26(21-10-6-4-7-11-21)23(20-36)28(29)31(37,24-18-32-14-16-34-24)25-19-33-15-17-35-25;1-2-4-5-3-1;/h4-19H,20,36-37H2,1-3H3;1-5H;. The van der Waals surface area contributed by atoms with E-state index in [0.29, 0.717) is 8.63 Å². The molecule has 7 heteroatoms. The predicted octanol–water partition coefficient (Wildman–Crippen LogP) is 8.02. The fourth-order valence-corrected chi connectivity index (χ4v) is 120. The Hall–Kier alpha value is -2.02. The summed E-state index contributed by atoms with van der Waals surface area (Å²) in [5.41, 5.74) is 5.74. The Balaban J connectivity index is 1.30. The predicted molar refractivity (Wildman–Crippen MR) is 172 cm³/mol. The summed E-state index contributed by atoms with van der Waals surface area (Å²) in [6.07, 6.45) is 12.9. The molecule has 14 rings (SSSR count). The maximum absolute atomic E-state index is 5.25. The van der Waals surface area contributed by atoms with Gasteiger partial charge in [0.15, 0.2) is 0 Å². The first kappa shape index (κ1) is 22.5. The zero-order valence-electron chi connectivity index (χ0n) is 24.6. The normalized spacial score (nSPS) is 61.7. The molecule has 12 heterocycles. The van der Waals surface area contributed by atoms with Crippen LogP contribution >= 0.6 is 18.5 Å². The molecular weight excluding hydrogens is 606 g/mol. The third-order valence-electron chi connectivity index (χ3n) is 21.8. The summed E-state index contributed by atoms with van der Waals surface area (Å²) in [5.74, 6) is 0. The van der Waals surface area contributed by atoms with Crippen molar-refractivity contribution >= 4 is 18.5 Å². The van der Waals surface area contributed by atoms with Gasteiger partial charge < -0.3 is 0 Å². The van der Waals surface area contributed by atoms with E-state index in [1.54, 1.807) is 11.1 Å². The zero-order valence-corrected chi connectivity index (χ0v) is 28.0. The molecule has 10 fully saturated rings. The number of rotatable bonds is 6. The van der Waals surface area contributed by atoms with Crippen molar-refractivity contribution in [3.63, 3.8) is 0 Å². The van der Waals surface area contributed by atoms with Crippen molar-refractivity contribution in [3.05, 3.63) is 120 Å². The van der Waals surface area contributed by atoms with Crippen molar-refractivity contribution in [1.29, 1.82) is 0 Å². The molecular formula is C36H36FeN4P2. The van der Waals surface area contributed by atoms with E-state index in [4.69, 9.17) is 19.9 Å². The molecule has 10 aliphatic heterocycles. The third kappa shape index (κ3) is 0.485. The molecule has 218 valence electrons. The summed E-state index contributed by atoms with van der Waals surface area (Å²) in [6.45, 7) is 2.95. The van der Waals surface area contributed by atoms with Gasteiger partial charge in [-0.2, -0.15) is 0 Å². The van der Waals surface area contributed by atoms with E-state index in [-0.39, 0.29) is 18.4 Å². The average molecular weight is 643 g/mol. The summed E-state index contributed by atoms with van der Waals surface area (Å²) < 4.78 is 1.33. The van der Waals surface area contributed by atoms with Crippen LogP contribution in [0, 0.1) is 5.41 Å². The van der Waals surface area contributed by atoms with Crippen LogP contribution in [0.3, 0.4) is 0 Å². The van der Waals surface area contributed by atoms with Gasteiger partial charge in [0, 0.05) is 0 Å². The topological polar surface area (TPSA) is 51.6 Å². The molecule has 1 spiro atoms. The molecule has 2 aromatic carbocycles. The molecule has 4 aromatic rings. The van der Waals surface area contributed by atoms with E-state index in [9.17, 15) is 0 Å². The minimum absolute atomic E-state index is 0.142. The second-order valence-electron chi connectivity index (χ2n) is 18.3. The molecule has 10 aliphatic rings. The summed E-state index contributed by atoms with van der Waals surface area (Å²) in [6, 6.07) is 24.2. The molecule has 2 aromatic heterocycles. The van der Waals surface area contributed by atoms with Crippen LogP contribution in [0.4, 0.5) is 0 Å². The van der Waals surface area contributed by atoms with Gasteiger partial charge in [-0.05, 0) is 0 Å². The summed E-state index contributed by atoms with van der Waals surface area (Å²) in [7, 11) is 7.01. The van der Waals surface area contributed by atoms with Gasteiger partial charge in [0.05, 0.1) is 0 Å². The van der Waals surface area contributed by atoms with Gasteiger partial charge in [-0.25, -0.2) is 0 Å². The fraction of sp³-hybridized carbons (Fsp3) is 0.444. The molecule has 0 aliphatic carbocycles. The maximum atomic E-state index is 5.25. The molecule has 10 saturated heterocycles. The second kappa shape index (κ2) is 3.44. The van der Waals surface area contributed by atoms with Crippen LogP contribution in [0.15, 0.2) is 97.8 Å².